The van der Waals surface area contributed by atoms with Gasteiger partial charge in [0.2, 0.25) is 0 Å². The number of carbonyl (C=O) groups is 1. The van der Waals surface area contributed by atoms with Crippen molar-refractivity contribution in [2.45, 2.75) is 83.7 Å². The molecule has 0 spiro atoms. The third kappa shape index (κ3) is 18.6. The van der Waals surface area contributed by atoms with Crippen LogP contribution in [0.1, 0.15) is 77.6 Å². The Balaban J connectivity index is 3.49. The minimum atomic E-state index is -0.811. The molecule has 0 radical (unpaired) electrons. The molecule has 0 aromatic rings. The van der Waals surface area contributed by atoms with Gasteiger partial charge in [-0.05, 0) is 32.1 Å². The van der Waals surface area contributed by atoms with E-state index in [1.165, 1.54) is 38.5 Å². The van der Waals surface area contributed by atoms with Crippen LogP contribution in [0.3, 0.4) is 0 Å². The van der Waals surface area contributed by atoms with Crippen molar-refractivity contribution in [3.8, 4) is 0 Å². The van der Waals surface area contributed by atoms with Crippen LogP contribution in [0.4, 0.5) is 0 Å². The van der Waals surface area contributed by atoms with E-state index in [0.29, 0.717) is 12.8 Å². The van der Waals surface area contributed by atoms with Crippen molar-refractivity contribution >= 4 is 5.97 Å². The summed E-state index contributed by atoms with van der Waals surface area (Å²) in [5, 5.41) is 18.1. The minimum absolute atomic E-state index is 0.115. The number of hydrogen-bond donors (Lipinski definition) is 2. The predicted octanol–water partition coefficient (Wildman–Crippen LogP) is 5.41. The summed E-state index contributed by atoms with van der Waals surface area (Å²) in [6.07, 6.45) is 22.6. The molecular weight excluding hydrogens is 288 g/mol. The number of aliphatic hydroxyl groups is 1. The Morgan fingerprint density at radius 1 is 0.957 bits per heavy atom. The van der Waals surface area contributed by atoms with Gasteiger partial charge >= 0.3 is 5.97 Å². The van der Waals surface area contributed by atoms with Crippen molar-refractivity contribution in [3.63, 3.8) is 0 Å². The van der Waals surface area contributed by atoms with Gasteiger partial charge < -0.3 is 10.2 Å². The van der Waals surface area contributed by atoms with E-state index < -0.39 is 12.1 Å². The smallest absolute Gasteiger partial charge is 0.303 e. The average molecular weight is 322 g/mol. The Kier molecular flexibility index (Phi) is 16.0. The van der Waals surface area contributed by atoms with E-state index in [-0.39, 0.29) is 6.42 Å². The van der Waals surface area contributed by atoms with Gasteiger partial charge in [0.15, 0.2) is 0 Å². The van der Waals surface area contributed by atoms with Crippen LogP contribution in [0, 0.1) is 0 Å². The molecule has 0 aromatic carbocycles. The number of aliphatic hydroxyl groups excluding tert-OH is 1. The lowest BCUT2D eigenvalue weighted by molar-refractivity contribution is -0.137. The quantitative estimate of drug-likeness (QED) is 0.241. The van der Waals surface area contributed by atoms with E-state index in [9.17, 15) is 9.90 Å². The lowest BCUT2D eigenvalue weighted by atomic mass is 10.1. The SMILES string of the molecule is CCCCCCCC/C=C\C/C=C\C=C\C(O)CCCC(=O)O. The fourth-order valence-corrected chi connectivity index (χ4v) is 2.24. The summed E-state index contributed by atoms with van der Waals surface area (Å²) >= 11 is 0. The zero-order valence-corrected chi connectivity index (χ0v) is 14.6. The zero-order chi connectivity index (χ0) is 17.2. The average Bonchev–Trinajstić information content (AvgIpc) is 2.51. The lowest BCUT2D eigenvalue weighted by Gasteiger charge is -2.02. The van der Waals surface area contributed by atoms with Gasteiger partial charge in [-0.3, -0.25) is 4.79 Å². The Labute approximate surface area is 141 Å². The summed E-state index contributed by atoms with van der Waals surface area (Å²) in [5.41, 5.74) is 0. The molecular formula is C20H34O3. The molecule has 0 saturated carbocycles. The molecule has 2 N–H and O–H groups in total. The third-order valence-electron chi connectivity index (χ3n) is 3.63. The van der Waals surface area contributed by atoms with E-state index in [0.717, 1.165) is 12.8 Å². The van der Waals surface area contributed by atoms with Crippen LogP contribution in [0.15, 0.2) is 36.5 Å². The molecule has 1 atom stereocenters. The maximum absolute atomic E-state index is 10.3. The molecule has 0 rings (SSSR count). The summed E-state index contributed by atoms with van der Waals surface area (Å²) in [6.45, 7) is 2.24. The molecule has 23 heavy (non-hydrogen) atoms. The molecule has 3 nitrogen and oxygen atoms in total. The molecule has 1 unspecified atom stereocenters. The number of unbranched alkanes of at least 4 members (excludes halogenated alkanes) is 6. The Morgan fingerprint density at radius 2 is 1.70 bits per heavy atom. The topological polar surface area (TPSA) is 57.5 Å². The summed E-state index contributed by atoms with van der Waals surface area (Å²) in [6, 6.07) is 0. The molecule has 0 aliphatic carbocycles. The van der Waals surface area contributed by atoms with Crippen LogP contribution < -0.4 is 0 Å². The standard InChI is InChI=1S/C20H34O3/c1-2-3-4-5-6-7-8-9-10-11-12-13-14-16-19(21)17-15-18-20(22)23/h9-10,12-14,16,19,21H,2-8,11,15,17-18H2,1H3,(H,22,23)/b10-9-,13-12-,16-14+. The molecule has 0 bridgehead atoms. The molecule has 0 aliphatic rings. The molecule has 0 fully saturated rings. The van der Waals surface area contributed by atoms with Gasteiger partial charge in [0.05, 0.1) is 6.10 Å². The van der Waals surface area contributed by atoms with Crippen molar-refractivity contribution in [1.82, 2.24) is 0 Å². The van der Waals surface area contributed by atoms with E-state index >= 15 is 0 Å². The van der Waals surface area contributed by atoms with Crippen LogP contribution >= 0.6 is 0 Å². The highest BCUT2D eigenvalue weighted by atomic mass is 16.4. The first kappa shape index (κ1) is 21.6. The molecule has 132 valence electrons. The maximum atomic E-state index is 10.3. The first-order valence-corrected chi connectivity index (χ1v) is 9.05. The van der Waals surface area contributed by atoms with Crippen LogP contribution in [-0.4, -0.2) is 22.3 Å². The van der Waals surface area contributed by atoms with E-state index in [1.54, 1.807) is 6.08 Å². The van der Waals surface area contributed by atoms with Gasteiger partial charge in [-0.15, -0.1) is 0 Å². The van der Waals surface area contributed by atoms with Gasteiger partial charge in [-0.2, -0.15) is 0 Å². The predicted molar refractivity (Wildman–Crippen MR) is 97.5 cm³/mol. The number of hydrogen-bond acceptors (Lipinski definition) is 2. The Hall–Kier alpha value is -1.35. The van der Waals surface area contributed by atoms with Crippen molar-refractivity contribution in [2.24, 2.45) is 0 Å². The van der Waals surface area contributed by atoms with Crippen LogP contribution in [0.2, 0.25) is 0 Å². The molecule has 0 amide bonds. The van der Waals surface area contributed by atoms with Gasteiger partial charge in [-0.25, -0.2) is 0 Å². The first-order valence-electron chi connectivity index (χ1n) is 9.05. The lowest BCUT2D eigenvalue weighted by Crippen LogP contribution is -2.03. The third-order valence-corrected chi connectivity index (χ3v) is 3.63. The van der Waals surface area contributed by atoms with Gasteiger partial charge in [0, 0.05) is 6.42 Å². The fourth-order valence-electron chi connectivity index (χ4n) is 2.24. The van der Waals surface area contributed by atoms with Gasteiger partial charge in [0.25, 0.3) is 0 Å². The Bertz CT molecular complexity index is 356. The second-order valence-electron chi connectivity index (χ2n) is 5.93. The fraction of sp³-hybridized carbons (Fsp3) is 0.650. The molecule has 0 aromatic heterocycles. The van der Waals surface area contributed by atoms with Gasteiger partial charge in [-0.1, -0.05) is 75.5 Å². The van der Waals surface area contributed by atoms with E-state index in [2.05, 4.69) is 25.2 Å². The van der Waals surface area contributed by atoms with Crippen LogP contribution in [-0.2, 0) is 4.79 Å². The number of aliphatic carboxylic acids is 1. The summed E-state index contributed by atoms with van der Waals surface area (Å²) in [4.78, 5) is 10.3. The normalized spacial score (nSPS) is 13.5. The highest BCUT2D eigenvalue weighted by Crippen LogP contribution is 2.07. The van der Waals surface area contributed by atoms with E-state index in [4.69, 9.17) is 5.11 Å². The summed E-state index contributed by atoms with van der Waals surface area (Å²) < 4.78 is 0. The van der Waals surface area contributed by atoms with E-state index in [1.807, 2.05) is 12.2 Å². The van der Waals surface area contributed by atoms with Crippen molar-refractivity contribution < 1.29 is 15.0 Å². The number of allylic oxidation sites excluding steroid dienone is 5. The molecule has 3 heteroatoms. The minimum Gasteiger partial charge on any atom is -0.481 e. The number of carboxylic acids is 1. The molecule has 0 heterocycles. The second-order valence-corrected chi connectivity index (χ2v) is 5.93. The highest BCUT2D eigenvalue weighted by molar-refractivity contribution is 5.66. The number of carboxylic acid groups (broad SMARTS) is 1. The molecule has 0 aliphatic heterocycles. The molecule has 0 saturated heterocycles. The zero-order valence-electron chi connectivity index (χ0n) is 14.6. The van der Waals surface area contributed by atoms with Crippen molar-refractivity contribution in [2.75, 3.05) is 0 Å². The van der Waals surface area contributed by atoms with Crippen LogP contribution in [0.5, 0.6) is 0 Å². The highest BCUT2D eigenvalue weighted by Gasteiger charge is 2.01. The summed E-state index contributed by atoms with van der Waals surface area (Å²) in [7, 11) is 0. The van der Waals surface area contributed by atoms with Gasteiger partial charge in [0.1, 0.15) is 0 Å². The van der Waals surface area contributed by atoms with Crippen molar-refractivity contribution in [1.29, 1.82) is 0 Å². The first-order chi connectivity index (χ1) is 11.2. The largest absolute Gasteiger partial charge is 0.481 e. The van der Waals surface area contributed by atoms with Crippen LogP contribution in [0.25, 0.3) is 0 Å². The monoisotopic (exact) mass is 322 g/mol. The second kappa shape index (κ2) is 17.0. The van der Waals surface area contributed by atoms with Crippen molar-refractivity contribution in [3.05, 3.63) is 36.5 Å². The number of rotatable bonds is 15. The summed E-state index contributed by atoms with van der Waals surface area (Å²) in [5.74, 6) is -0.811. The Morgan fingerprint density at radius 3 is 2.43 bits per heavy atom. The maximum Gasteiger partial charge on any atom is 0.303 e.